The first-order chi connectivity index (χ1) is 11.4. The topological polar surface area (TPSA) is 27.3 Å². The van der Waals surface area contributed by atoms with Gasteiger partial charge in [-0.15, -0.1) is 0 Å². The average molecular weight is 318 g/mol. The zero-order valence-electron chi connectivity index (χ0n) is 14.7. The van der Waals surface area contributed by atoms with Crippen LogP contribution in [0, 0.1) is 17.3 Å². The molecule has 130 valence electrons. The van der Waals surface area contributed by atoms with Crippen molar-refractivity contribution in [2.45, 2.75) is 82.3 Å². The molecule has 0 unspecified atom stereocenters. The van der Waals surface area contributed by atoms with Crippen LogP contribution in [0.1, 0.15) is 64.2 Å². The van der Waals surface area contributed by atoms with Crippen molar-refractivity contribution < 1.29 is 0 Å². The Morgan fingerprint density at radius 3 is 2.65 bits per heavy atom. The molecule has 5 fully saturated rings. The third-order valence-electron chi connectivity index (χ3n) is 8.16. The molecule has 5 rings (SSSR count). The predicted octanol–water partition coefficient (Wildman–Crippen LogP) is 2.76. The van der Waals surface area contributed by atoms with Crippen LogP contribution in [0.15, 0.2) is 0 Å². The third-order valence-corrected chi connectivity index (χ3v) is 8.16. The molecule has 0 aromatic heterocycles. The summed E-state index contributed by atoms with van der Waals surface area (Å²) in [4.78, 5) is 2.94. The summed E-state index contributed by atoms with van der Waals surface area (Å²) in [6.07, 6.45) is 14.6. The highest BCUT2D eigenvalue weighted by Crippen LogP contribution is 2.55. The molecule has 0 radical (unpaired) electrons. The summed E-state index contributed by atoms with van der Waals surface area (Å²) in [6, 6.07) is 2.51. The van der Waals surface area contributed by atoms with Crippen LogP contribution in [0.3, 0.4) is 0 Å². The molecule has 1 aliphatic carbocycles. The number of nitrogens with zero attached hydrogens (tertiary/aromatic N) is 1. The van der Waals surface area contributed by atoms with E-state index >= 15 is 0 Å². The Bertz CT molecular complexity index is 431. The lowest BCUT2D eigenvalue weighted by Crippen LogP contribution is -2.72. The van der Waals surface area contributed by atoms with Gasteiger partial charge in [0, 0.05) is 30.1 Å². The molecule has 5 aliphatic rings. The molecule has 4 aliphatic heterocycles. The Hall–Kier alpha value is -0.120. The van der Waals surface area contributed by atoms with Gasteiger partial charge in [-0.2, -0.15) is 0 Å². The highest BCUT2D eigenvalue weighted by Gasteiger charge is 2.58. The molecule has 2 bridgehead atoms. The first-order valence-electron chi connectivity index (χ1n) is 10.6. The Labute approximate surface area is 142 Å². The number of rotatable bonds is 1. The van der Waals surface area contributed by atoms with Crippen molar-refractivity contribution in [1.82, 2.24) is 15.5 Å². The number of hydrogen-bond acceptors (Lipinski definition) is 3. The van der Waals surface area contributed by atoms with Crippen LogP contribution in [0.4, 0.5) is 0 Å². The fourth-order valence-corrected chi connectivity index (χ4v) is 7.36. The van der Waals surface area contributed by atoms with E-state index in [-0.39, 0.29) is 0 Å². The molecule has 1 saturated carbocycles. The van der Waals surface area contributed by atoms with Crippen molar-refractivity contribution >= 4 is 0 Å². The molecule has 3 nitrogen and oxygen atoms in total. The van der Waals surface area contributed by atoms with Gasteiger partial charge in [-0.3, -0.25) is 4.90 Å². The zero-order chi connectivity index (χ0) is 15.3. The molecular weight excluding hydrogens is 282 g/mol. The van der Waals surface area contributed by atoms with Gasteiger partial charge in [-0.05, 0) is 82.8 Å². The summed E-state index contributed by atoms with van der Waals surface area (Å²) >= 11 is 0. The van der Waals surface area contributed by atoms with E-state index in [0.29, 0.717) is 5.41 Å². The summed E-state index contributed by atoms with van der Waals surface area (Å²) in [6.45, 7) is 5.30. The first-order valence-corrected chi connectivity index (χ1v) is 10.6. The van der Waals surface area contributed by atoms with Gasteiger partial charge >= 0.3 is 0 Å². The maximum Gasteiger partial charge on any atom is 0.0179 e. The third kappa shape index (κ3) is 2.41. The van der Waals surface area contributed by atoms with E-state index in [9.17, 15) is 0 Å². The Morgan fingerprint density at radius 1 is 0.826 bits per heavy atom. The number of piperidine rings is 4. The second kappa shape index (κ2) is 6.00. The first kappa shape index (κ1) is 15.2. The molecule has 23 heavy (non-hydrogen) atoms. The summed E-state index contributed by atoms with van der Waals surface area (Å²) in [5.41, 5.74) is 0.530. The fraction of sp³-hybridized carbons (Fsp3) is 1.00. The van der Waals surface area contributed by atoms with Gasteiger partial charge in [0.05, 0.1) is 0 Å². The summed E-state index contributed by atoms with van der Waals surface area (Å²) in [7, 11) is 0. The van der Waals surface area contributed by atoms with Crippen LogP contribution < -0.4 is 10.6 Å². The minimum absolute atomic E-state index is 0.530. The molecule has 0 aromatic carbocycles. The Morgan fingerprint density at radius 2 is 1.74 bits per heavy atom. The zero-order valence-corrected chi connectivity index (χ0v) is 14.7. The molecule has 4 saturated heterocycles. The maximum absolute atomic E-state index is 4.04. The lowest BCUT2D eigenvalue weighted by molar-refractivity contribution is -0.117. The quantitative estimate of drug-likeness (QED) is 0.779. The van der Waals surface area contributed by atoms with Crippen LogP contribution in [0.2, 0.25) is 0 Å². The number of fused-ring (bicyclic) bond motifs is 6. The molecule has 0 amide bonds. The molecule has 0 aromatic rings. The van der Waals surface area contributed by atoms with Crippen molar-refractivity contribution in [3.8, 4) is 0 Å². The van der Waals surface area contributed by atoms with E-state index in [0.717, 1.165) is 30.0 Å². The number of hydrogen-bond donors (Lipinski definition) is 2. The maximum atomic E-state index is 4.04. The van der Waals surface area contributed by atoms with Crippen LogP contribution in [-0.4, -0.2) is 49.2 Å². The van der Waals surface area contributed by atoms with Crippen molar-refractivity contribution in [1.29, 1.82) is 0 Å². The SMILES string of the molecule is C1CC[C@H]([C@]23C[C@@H](C[C@@H]4CCCN[C@H]42)[C@H]2CCCCN2C3)NC1. The van der Waals surface area contributed by atoms with E-state index in [1.807, 2.05) is 0 Å². The minimum atomic E-state index is 0.530. The van der Waals surface area contributed by atoms with Crippen molar-refractivity contribution in [2.24, 2.45) is 17.3 Å². The summed E-state index contributed by atoms with van der Waals surface area (Å²) in [5, 5.41) is 8.04. The standard InChI is InChI=1S/C20H35N3/c1-3-9-21-18(8-1)20-13-16(12-15-6-5-10-22-19(15)20)17-7-2-4-11-23(17)14-20/h15-19,21-22H,1-14H2/t15-,16+,17+,18+,19+,20+/m0/s1. The van der Waals surface area contributed by atoms with Crippen molar-refractivity contribution in [2.75, 3.05) is 26.2 Å². The van der Waals surface area contributed by atoms with Crippen LogP contribution in [0.5, 0.6) is 0 Å². The largest absolute Gasteiger partial charge is 0.313 e. The molecule has 6 atom stereocenters. The van der Waals surface area contributed by atoms with Gasteiger partial charge in [0.1, 0.15) is 0 Å². The predicted molar refractivity (Wildman–Crippen MR) is 94.5 cm³/mol. The normalized spacial score (nSPS) is 50.9. The van der Waals surface area contributed by atoms with E-state index in [1.165, 1.54) is 90.4 Å². The minimum Gasteiger partial charge on any atom is -0.313 e. The van der Waals surface area contributed by atoms with Crippen LogP contribution in [0.25, 0.3) is 0 Å². The van der Waals surface area contributed by atoms with Gasteiger partial charge in [-0.25, -0.2) is 0 Å². The molecule has 3 heteroatoms. The Kier molecular flexibility index (Phi) is 3.95. The van der Waals surface area contributed by atoms with E-state index < -0.39 is 0 Å². The number of nitrogens with one attached hydrogen (secondary N) is 2. The molecular formula is C20H35N3. The monoisotopic (exact) mass is 317 g/mol. The van der Waals surface area contributed by atoms with Gasteiger partial charge in [0.15, 0.2) is 0 Å². The van der Waals surface area contributed by atoms with E-state index in [4.69, 9.17) is 0 Å². The average Bonchev–Trinajstić information content (AvgIpc) is 2.63. The highest BCUT2D eigenvalue weighted by molar-refractivity contribution is 5.14. The van der Waals surface area contributed by atoms with E-state index in [1.54, 1.807) is 0 Å². The van der Waals surface area contributed by atoms with E-state index in [2.05, 4.69) is 15.5 Å². The fourth-order valence-electron chi connectivity index (χ4n) is 7.36. The molecule has 2 N–H and O–H groups in total. The van der Waals surface area contributed by atoms with Gasteiger partial charge in [0.25, 0.3) is 0 Å². The van der Waals surface area contributed by atoms with Crippen molar-refractivity contribution in [3.63, 3.8) is 0 Å². The van der Waals surface area contributed by atoms with Gasteiger partial charge < -0.3 is 10.6 Å². The highest BCUT2D eigenvalue weighted by atomic mass is 15.2. The smallest absolute Gasteiger partial charge is 0.0179 e. The second-order valence-electron chi connectivity index (χ2n) is 9.30. The van der Waals surface area contributed by atoms with Crippen LogP contribution >= 0.6 is 0 Å². The summed E-state index contributed by atoms with van der Waals surface area (Å²) in [5.74, 6) is 1.96. The lowest BCUT2D eigenvalue weighted by atomic mass is 9.52. The van der Waals surface area contributed by atoms with Gasteiger partial charge in [-0.1, -0.05) is 12.8 Å². The van der Waals surface area contributed by atoms with Crippen molar-refractivity contribution in [3.05, 3.63) is 0 Å². The summed E-state index contributed by atoms with van der Waals surface area (Å²) < 4.78 is 0. The molecule has 0 spiro atoms. The molecule has 4 heterocycles. The Balaban J connectivity index is 1.50. The van der Waals surface area contributed by atoms with Crippen LogP contribution in [-0.2, 0) is 0 Å². The lowest BCUT2D eigenvalue weighted by Gasteiger charge is -2.64. The second-order valence-corrected chi connectivity index (χ2v) is 9.30. The van der Waals surface area contributed by atoms with Gasteiger partial charge in [0.2, 0.25) is 0 Å².